The summed E-state index contributed by atoms with van der Waals surface area (Å²) in [7, 11) is 0. The Morgan fingerprint density at radius 1 is 1.28 bits per heavy atom. The topological polar surface area (TPSA) is 81.6 Å². The molecule has 0 saturated heterocycles. The van der Waals surface area contributed by atoms with Gasteiger partial charge in [-0.2, -0.15) is 0 Å². The number of hydrogen-bond donors (Lipinski definition) is 4. The van der Waals surface area contributed by atoms with Crippen LogP contribution in [0.4, 0.5) is 4.79 Å². The Hall–Kier alpha value is -1.85. The van der Waals surface area contributed by atoms with Crippen molar-refractivity contribution in [1.82, 2.24) is 10.6 Å². The predicted octanol–water partition coefficient (Wildman–Crippen LogP) is 0.394. The van der Waals surface area contributed by atoms with Crippen molar-refractivity contribution in [2.24, 2.45) is 0 Å². The normalized spacial score (nSPS) is 13.4. The third-order valence-corrected chi connectivity index (χ3v) is 2.40. The van der Waals surface area contributed by atoms with Crippen LogP contribution in [-0.4, -0.2) is 35.0 Å². The van der Waals surface area contributed by atoms with Crippen LogP contribution in [0.15, 0.2) is 43.0 Å². The van der Waals surface area contributed by atoms with Gasteiger partial charge in [0.25, 0.3) is 0 Å². The molecule has 5 nitrogen and oxygen atoms in total. The molecule has 0 unspecified atom stereocenters. The van der Waals surface area contributed by atoms with Gasteiger partial charge in [-0.1, -0.05) is 36.4 Å². The summed E-state index contributed by atoms with van der Waals surface area (Å²) in [6.45, 7) is 3.72. The van der Waals surface area contributed by atoms with Gasteiger partial charge in [-0.3, -0.25) is 0 Å². The predicted molar refractivity (Wildman–Crippen MR) is 68.9 cm³/mol. The SMILES string of the molecule is C=C[C@H](O)[C@H](O)CNC(=O)NCc1ccccc1. The van der Waals surface area contributed by atoms with Gasteiger partial charge in [-0.05, 0) is 5.56 Å². The number of amides is 2. The molecular weight excluding hydrogens is 232 g/mol. The Morgan fingerprint density at radius 3 is 2.56 bits per heavy atom. The van der Waals surface area contributed by atoms with Crippen LogP contribution < -0.4 is 10.6 Å². The van der Waals surface area contributed by atoms with Crippen LogP contribution >= 0.6 is 0 Å². The molecule has 1 rings (SSSR count). The number of carbonyl (C=O) groups is 1. The fourth-order valence-corrected chi connectivity index (χ4v) is 1.32. The number of urea groups is 1. The zero-order valence-electron chi connectivity index (χ0n) is 10.0. The molecule has 0 spiro atoms. The van der Waals surface area contributed by atoms with Gasteiger partial charge < -0.3 is 20.8 Å². The van der Waals surface area contributed by atoms with Crippen LogP contribution in [0.25, 0.3) is 0 Å². The van der Waals surface area contributed by atoms with Gasteiger partial charge in [-0.15, -0.1) is 6.58 Å². The number of nitrogens with one attached hydrogen (secondary N) is 2. The van der Waals surface area contributed by atoms with Gasteiger partial charge >= 0.3 is 6.03 Å². The maximum atomic E-state index is 11.4. The molecule has 0 aliphatic heterocycles. The minimum absolute atomic E-state index is 0.0339. The first kappa shape index (κ1) is 14.2. The number of carbonyl (C=O) groups excluding carboxylic acids is 1. The lowest BCUT2D eigenvalue weighted by molar-refractivity contribution is 0.0509. The van der Waals surface area contributed by atoms with E-state index in [1.165, 1.54) is 6.08 Å². The van der Waals surface area contributed by atoms with Crippen LogP contribution in [-0.2, 0) is 6.54 Å². The van der Waals surface area contributed by atoms with Gasteiger partial charge in [-0.25, -0.2) is 4.79 Å². The Kier molecular flexibility index (Phi) is 5.90. The first-order chi connectivity index (χ1) is 8.63. The van der Waals surface area contributed by atoms with Crippen LogP contribution in [0.3, 0.4) is 0 Å². The number of aliphatic hydroxyl groups excluding tert-OH is 2. The highest BCUT2D eigenvalue weighted by Crippen LogP contribution is 1.97. The zero-order valence-corrected chi connectivity index (χ0v) is 10.0. The Morgan fingerprint density at radius 2 is 1.94 bits per heavy atom. The quantitative estimate of drug-likeness (QED) is 0.551. The summed E-state index contributed by atoms with van der Waals surface area (Å²) in [4.78, 5) is 11.4. The van der Waals surface area contributed by atoms with Crippen molar-refractivity contribution in [3.63, 3.8) is 0 Å². The molecule has 0 aliphatic rings. The Balaban J connectivity index is 2.24. The molecule has 0 fully saturated rings. The van der Waals surface area contributed by atoms with E-state index in [0.29, 0.717) is 6.54 Å². The molecule has 1 aromatic rings. The van der Waals surface area contributed by atoms with Crippen molar-refractivity contribution in [2.75, 3.05) is 6.54 Å². The van der Waals surface area contributed by atoms with E-state index in [0.717, 1.165) is 5.56 Å². The Bertz CT molecular complexity index is 381. The lowest BCUT2D eigenvalue weighted by Gasteiger charge is -2.15. The zero-order chi connectivity index (χ0) is 13.4. The molecule has 2 amide bonds. The van der Waals surface area contributed by atoms with Crippen molar-refractivity contribution in [3.8, 4) is 0 Å². The standard InChI is InChI=1S/C13H18N2O3/c1-2-11(16)12(17)9-15-13(18)14-8-10-6-4-3-5-7-10/h2-7,11-12,16-17H,1,8-9H2,(H2,14,15,18)/t11-,12+/m0/s1. The summed E-state index contributed by atoms with van der Waals surface area (Å²) in [6.07, 6.45) is -0.877. The first-order valence-electron chi connectivity index (χ1n) is 5.68. The molecule has 5 heteroatoms. The van der Waals surface area contributed by atoms with Gasteiger partial charge in [0.2, 0.25) is 0 Å². The Labute approximate surface area is 106 Å². The third-order valence-electron chi connectivity index (χ3n) is 2.40. The van der Waals surface area contributed by atoms with E-state index in [1.807, 2.05) is 30.3 Å². The van der Waals surface area contributed by atoms with Crippen molar-refractivity contribution in [1.29, 1.82) is 0 Å². The second kappa shape index (κ2) is 7.47. The first-order valence-corrected chi connectivity index (χ1v) is 5.68. The van der Waals surface area contributed by atoms with Crippen LogP contribution in [0.1, 0.15) is 5.56 Å². The number of rotatable bonds is 6. The van der Waals surface area contributed by atoms with Gasteiger partial charge in [0, 0.05) is 13.1 Å². The summed E-state index contributed by atoms with van der Waals surface area (Å²) in [6, 6.07) is 9.08. The van der Waals surface area contributed by atoms with Crippen LogP contribution in [0.5, 0.6) is 0 Å². The minimum atomic E-state index is -1.05. The van der Waals surface area contributed by atoms with Crippen LogP contribution in [0.2, 0.25) is 0 Å². The molecular formula is C13H18N2O3. The summed E-state index contributed by atoms with van der Waals surface area (Å²) in [5.41, 5.74) is 0.985. The van der Waals surface area contributed by atoms with E-state index in [-0.39, 0.29) is 6.54 Å². The van der Waals surface area contributed by atoms with Crippen LogP contribution in [0, 0.1) is 0 Å². The maximum absolute atomic E-state index is 11.4. The van der Waals surface area contributed by atoms with Gasteiger partial charge in [0.15, 0.2) is 0 Å². The third kappa shape index (κ3) is 4.99. The highest BCUT2D eigenvalue weighted by molar-refractivity contribution is 5.73. The van der Waals surface area contributed by atoms with E-state index >= 15 is 0 Å². The lowest BCUT2D eigenvalue weighted by atomic mass is 10.2. The minimum Gasteiger partial charge on any atom is -0.388 e. The monoisotopic (exact) mass is 250 g/mol. The van der Waals surface area contributed by atoms with E-state index < -0.39 is 18.2 Å². The lowest BCUT2D eigenvalue weighted by Crippen LogP contribution is -2.42. The highest BCUT2D eigenvalue weighted by Gasteiger charge is 2.13. The van der Waals surface area contributed by atoms with E-state index in [1.54, 1.807) is 0 Å². The number of benzene rings is 1. The molecule has 0 heterocycles. The molecule has 2 atom stereocenters. The van der Waals surface area contributed by atoms with Crippen molar-refractivity contribution < 1.29 is 15.0 Å². The summed E-state index contributed by atoms with van der Waals surface area (Å²) >= 11 is 0. The van der Waals surface area contributed by atoms with Gasteiger partial charge in [0.1, 0.15) is 6.10 Å². The average molecular weight is 250 g/mol. The smallest absolute Gasteiger partial charge is 0.315 e. The molecule has 4 N–H and O–H groups in total. The summed E-state index contributed by atoms with van der Waals surface area (Å²) in [5, 5.41) is 23.7. The largest absolute Gasteiger partial charge is 0.388 e. The average Bonchev–Trinajstić information content (AvgIpc) is 2.42. The molecule has 0 aromatic heterocycles. The van der Waals surface area contributed by atoms with Crippen molar-refractivity contribution in [2.45, 2.75) is 18.8 Å². The molecule has 0 aliphatic carbocycles. The fourth-order valence-electron chi connectivity index (χ4n) is 1.32. The highest BCUT2D eigenvalue weighted by atomic mass is 16.3. The molecule has 0 bridgehead atoms. The molecule has 0 saturated carbocycles. The number of hydrogen-bond acceptors (Lipinski definition) is 3. The molecule has 1 aromatic carbocycles. The summed E-state index contributed by atoms with van der Waals surface area (Å²) < 4.78 is 0. The van der Waals surface area contributed by atoms with E-state index in [4.69, 9.17) is 0 Å². The fraction of sp³-hybridized carbons (Fsp3) is 0.308. The second-order valence-electron chi connectivity index (χ2n) is 3.84. The molecule has 98 valence electrons. The van der Waals surface area contributed by atoms with Crippen molar-refractivity contribution in [3.05, 3.63) is 48.6 Å². The van der Waals surface area contributed by atoms with E-state index in [9.17, 15) is 15.0 Å². The molecule has 0 radical (unpaired) electrons. The number of aliphatic hydroxyl groups is 2. The van der Waals surface area contributed by atoms with Crippen molar-refractivity contribution >= 4 is 6.03 Å². The van der Waals surface area contributed by atoms with Gasteiger partial charge in [0.05, 0.1) is 6.10 Å². The van der Waals surface area contributed by atoms with E-state index in [2.05, 4.69) is 17.2 Å². The summed E-state index contributed by atoms with van der Waals surface area (Å²) in [5.74, 6) is 0. The molecule has 18 heavy (non-hydrogen) atoms. The maximum Gasteiger partial charge on any atom is 0.315 e. The second-order valence-corrected chi connectivity index (χ2v) is 3.84.